The van der Waals surface area contributed by atoms with Gasteiger partial charge < -0.3 is 4.74 Å². The Labute approximate surface area is 137 Å². The van der Waals surface area contributed by atoms with Gasteiger partial charge in [0.15, 0.2) is 0 Å². The quantitative estimate of drug-likeness (QED) is 0.817. The molecule has 0 aliphatic heterocycles. The van der Waals surface area contributed by atoms with Crippen molar-refractivity contribution in [2.45, 2.75) is 26.3 Å². The smallest absolute Gasteiger partial charge is 0.277 e. The van der Waals surface area contributed by atoms with Crippen LogP contribution in [-0.2, 0) is 15.7 Å². The number of para-hydroxylation sites is 1. The van der Waals surface area contributed by atoms with E-state index in [4.69, 9.17) is 4.74 Å². The molecule has 124 valence electrons. The zero-order valence-corrected chi connectivity index (χ0v) is 14.4. The van der Waals surface area contributed by atoms with Gasteiger partial charge >= 0.3 is 0 Å². The van der Waals surface area contributed by atoms with Gasteiger partial charge in [0.1, 0.15) is 11.5 Å². The van der Waals surface area contributed by atoms with E-state index in [9.17, 15) is 8.42 Å². The first-order chi connectivity index (χ1) is 10.8. The van der Waals surface area contributed by atoms with Crippen molar-refractivity contribution >= 4 is 10.2 Å². The first kappa shape index (κ1) is 17.5. The molecule has 0 heterocycles. The number of hydrogen-bond acceptors (Lipinski definition) is 3. The van der Waals surface area contributed by atoms with Crippen molar-refractivity contribution in [1.82, 2.24) is 9.44 Å². The fourth-order valence-electron chi connectivity index (χ4n) is 2.19. The predicted molar refractivity (Wildman–Crippen MR) is 91.7 cm³/mol. The molecule has 2 rings (SSSR count). The van der Waals surface area contributed by atoms with Gasteiger partial charge in [0, 0.05) is 6.54 Å². The lowest BCUT2D eigenvalue weighted by Crippen LogP contribution is -2.46. The topological polar surface area (TPSA) is 67.4 Å². The minimum absolute atomic E-state index is 0.336. The molecule has 0 bridgehead atoms. The highest BCUT2D eigenvalue weighted by Gasteiger charge is 2.26. The predicted octanol–water partition coefficient (Wildman–Crippen LogP) is 3.16. The van der Waals surface area contributed by atoms with E-state index < -0.39 is 15.7 Å². The highest BCUT2D eigenvalue weighted by atomic mass is 32.2. The second-order valence-electron chi connectivity index (χ2n) is 5.67. The average molecular weight is 334 g/mol. The zero-order chi connectivity index (χ0) is 16.9. The Kier molecular flexibility index (Phi) is 5.41. The highest BCUT2D eigenvalue weighted by molar-refractivity contribution is 7.87. The highest BCUT2D eigenvalue weighted by Crippen LogP contribution is 2.27. The first-order valence-corrected chi connectivity index (χ1v) is 8.93. The molecule has 0 radical (unpaired) electrons. The number of ether oxygens (including phenoxy) is 1. The van der Waals surface area contributed by atoms with Crippen LogP contribution >= 0.6 is 0 Å². The molecule has 23 heavy (non-hydrogen) atoms. The molecule has 0 amide bonds. The SMILES string of the molecule is CCNS(=O)(=O)NC(C)(C)c1cccc(Oc2ccccc2)c1. The third-order valence-electron chi connectivity index (χ3n) is 3.26. The second kappa shape index (κ2) is 7.12. The number of hydrogen-bond donors (Lipinski definition) is 2. The van der Waals surface area contributed by atoms with Crippen LogP contribution in [0.25, 0.3) is 0 Å². The lowest BCUT2D eigenvalue weighted by molar-refractivity contribution is 0.455. The number of nitrogens with one attached hydrogen (secondary N) is 2. The molecule has 0 aliphatic rings. The number of rotatable bonds is 7. The largest absolute Gasteiger partial charge is 0.457 e. The second-order valence-corrected chi connectivity index (χ2v) is 7.17. The maximum Gasteiger partial charge on any atom is 0.277 e. The van der Waals surface area contributed by atoms with Crippen LogP contribution in [0, 0.1) is 0 Å². The maximum atomic E-state index is 11.9. The van der Waals surface area contributed by atoms with E-state index in [2.05, 4.69) is 9.44 Å². The molecule has 0 aliphatic carbocycles. The van der Waals surface area contributed by atoms with Crippen molar-refractivity contribution in [3.63, 3.8) is 0 Å². The Morgan fingerprint density at radius 1 is 1.00 bits per heavy atom. The molecule has 0 fully saturated rings. The summed E-state index contributed by atoms with van der Waals surface area (Å²) in [6.45, 7) is 5.69. The fraction of sp³-hybridized carbons (Fsp3) is 0.294. The monoisotopic (exact) mass is 334 g/mol. The van der Waals surface area contributed by atoms with Gasteiger partial charge in [-0.15, -0.1) is 0 Å². The van der Waals surface area contributed by atoms with Crippen molar-refractivity contribution in [1.29, 1.82) is 0 Å². The van der Waals surface area contributed by atoms with Gasteiger partial charge in [-0.05, 0) is 43.7 Å². The summed E-state index contributed by atoms with van der Waals surface area (Å²) in [6, 6.07) is 16.8. The molecule has 2 aromatic rings. The molecule has 0 spiro atoms. The van der Waals surface area contributed by atoms with Gasteiger partial charge in [-0.25, -0.2) is 4.72 Å². The van der Waals surface area contributed by atoms with Crippen LogP contribution in [-0.4, -0.2) is 15.0 Å². The molecule has 2 N–H and O–H groups in total. The van der Waals surface area contributed by atoms with Gasteiger partial charge in [-0.3, -0.25) is 0 Å². The van der Waals surface area contributed by atoms with E-state index in [1.807, 2.05) is 68.4 Å². The average Bonchev–Trinajstić information content (AvgIpc) is 2.47. The van der Waals surface area contributed by atoms with E-state index >= 15 is 0 Å². The molecular weight excluding hydrogens is 312 g/mol. The minimum atomic E-state index is -3.55. The summed E-state index contributed by atoms with van der Waals surface area (Å²) in [7, 11) is -3.55. The van der Waals surface area contributed by atoms with Crippen LogP contribution in [0.3, 0.4) is 0 Å². The van der Waals surface area contributed by atoms with Gasteiger partial charge in [0.2, 0.25) is 0 Å². The van der Waals surface area contributed by atoms with Crippen molar-refractivity contribution in [3.05, 3.63) is 60.2 Å². The van der Waals surface area contributed by atoms with Gasteiger partial charge in [0.05, 0.1) is 5.54 Å². The molecule has 2 aromatic carbocycles. The fourth-order valence-corrected chi connectivity index (χ4v) is 3.44. The molecule has 0 atom stereocenters. The lowest BCUT2D eigenvalue weighted by Gasteiger charge is -2.27. The Hall–Kier alpha value is -1.89. The Bertz CT molecular complexity index is 743. The van der Waals surface area contributed by atoms with Crippen LogP contribution in [0.4, 0.5) is 0 Å². The zero-order valence-electron chi connectivity index (χ0n) is 13.5. The van der Waals surface area contributed by atoms with Crippen LogP contribution < -0.4 is 14.2 Å². The van der Waals surface area contributed by atoms with Gasteiger partial charge in [0.25, 0.3) is 10.2 Å². The van der Waals surface area contributed by atoms with Gasteiger partial charge in [-0.2, -0.15) is 13.1 Å². The molecule has 0 aromatic heterocycles. The van der Waals surface area contributed by atoms with E-state index in [0.29, 0.717) is 12.3 Å². The van der Waals surface area contributed by atoms with Gasteiger partial charge in [-0.1, -0.05) is 37.3 Å². The summed E-state index contributed by atoms with van der Waals surface area (Å²) in [5.41, 5.74) is 0.0456. The summed E-state index contributed by atoms with van der Waals surface area (Å²) in [5.74, 6) is 1.39. The summed E-state index contributed by atoms with van der Waals surface area (Å²) in [4.78, 5) is 0. The Morgan fingerprint density at radius 3 is 2.30 bits per heavy atom. The number of benzene rings is 2. The molecule has 0 saturated carbocycles. The molecule has 5 nitrogen and oxygen atoms in total. The van der Waals surface area contributed by atoms with Crippen molar-refractivity contribution < 1.29 is 13.2 Å². The Morgan fingerprint density at radius 2 is 1.65 bits per heavy atom. The Balaban J connectivity index is 2.21. The molecular formula is C17H22N2O3S. The van der Waals surface area contributed by atoms with Crippen molar-refractivity contribution in [2.24, 2.45) is 0 Å². The van der Waals surface area contributed by atoms with E-state index in [-0.39, 0.29) is 0 Å². The van der Waals surface area contributed by atoms with Crippen LogP contribution in [0.2, 0.25) is 0 Å². The summed E-state index contributed by atoms with van der Waals surface area (Å²) in [5, 5.41) is 0. The van der Waals surface area contributed by atoms with E-state index in [1.54, 1.807) is 6.92 Å². The standard InChI is InChI=1S/C17H22N2O3S/c1-4-18-23(20,21)19-17(2,3)14-9-8-12-16(13-14)22-15-10-6-5-7-11-15/h5-13,18-19H,4H2,1-3H3. The van der Waals surface area contributed by atoms with Crippen molar-refractivity contribution in [2.75, 3.05) is 6.54 Å². The summed E-state index contributed by atoms with van der Waals surface area (Å²) < 4.78 is 34.8. The minimum Gasteiger partial charge on any atom is -0.457 e. The molecule has 0 unspecified atom stereocenters. The summed E-state index contributed by atoms with van der Waals surface area (Å²) >= 11 is 0. The lowest BCUT2D eigenvalue weighted by atomic mass is 9.95. The van der Waals surface area contributed by atoms with Crippen molar-refractivity contribution in [3.8, 4) is 11.5 Å². The molecule has 6 heteroatoms. The normalized spacial score (nSPS) is 12.1. The van der Waals surface area contributed by atoms with Crippen LogP contribution in [0.15, 0.2) is 54.6 Å². The van der Waals surface area contributed by atoms with Crippen LogP contribution in [0.1, 0.15) is 26.3 Å². The first-order valence-electron chi connectivity index (χ1n) is 7.44. The third-order valence-corrected chi connectivity index (χ3v) is 4.71. The summed E-state index contributed by atoms with van der Waals surface area (Å²) in [6.07, 6.45) is 0. The van der Waals surface area contributed by atoms with E-state index in [1.165, 1.54) is 0 Å². The van der Waals surface area contributed by atoms with E-state index in [0.717, 1.165) is 11.3 Å². The maximum absolute atomic E-state index is 11.9. The third kappa shape index (κ3) is 5.06. The van der Waals surface area contributed by atoms with Crippen LogP contribution in [0.5, 0.6) is 11.5 Å². The molecule has 0 saturated heterocycles.